The molecule has 0 aliphatic heterocycles. The zero-order valence-corrected chi connectivity index (χ0v) is 26.8. The number of fused-ring (bicyclic) bond motifs is 2. The predicted octanol–water partition coefficient (Wildman–Crippen LogP) is 6.90. The van der Waals surface area contributed by atoms with E-state index in [1.54, 1.807) is 74.9 Å². The highest BCUT2D eigenvalue weighted by molar-refractivity contribution is 6.31. The SMILES string of the molecule is COc1cc2cc(-c3ccc(Cl)cc3N)[nH]c(=O)c2cc1OC.COc1cc2cc(-c3ccc(Cl)cc3N)[nH]c(=O)c2cc1OC. The molecule has 0 unspecified atom stereocenters. The molecule has 2 aromatic heterocycles. The van der Waals surface area contributed by atoms with Crippen LogP contribution in [0.25, 0.3) is 44.1 Å². The number of halogens is 2. The molecule has 4 aromatic carbocycles. The molecule has 0 aliphatic rings. The summed E-state index contributed by atoms with van der Waals surface area (Å²) >= 11 is 11.8. The quantitative estimate of drug-likeness (QED) is 0.141. The fourth-order valence-corrected chi connectivity index (χ4v) is 5.39. The van der Waals surface area contributed by atoms with Gasteiger partial charge in [-0.1, -0.05) is 23.2 Å². The van der Waals surface area contributed by atoms with E-state index in [9.17, 15) is 9.59 Å². The minimum Gasteiger partial charge on any atom is -0.493 e. The standard InChI is InChI=1S/2C17H15ClN2O3/c2*1-22-15-6-9-5-14(11-4-3-10(18)7-13(11)19)20-17(21)12(9)8-16(15)23-2/h2*3-8H,19H2,1-2H3,(H,20,21). The Balaban J connectivity index is 0.000000181. The molecule has 0 saturated heterocycles. The molecule has 10 nitrogen and oxygen atoms in total. The lowest BCUT2D eigenvalue weighted by molar-refractivity contribution is 0.356. The first-order chi connectivity index (χ1) is 22.1. The summed E-state index contributed by atoms with van der Waals surface area (Å²) in [5.74, 6) is 2.12. The van der Waals surface area contributed by atoms with Gasteiger partial charge >= 0.3 is 0 Å². The van der Waals surface area contributed by atoms with Crippen molar-refractivity contribution in [3.63, 3.8) is 0 Å². The zero-order valence-electron chi connectivity index (χ0n) is 25.3. The molecule has 0 atom stereocenters. The molecule has 236 valence electrons. The number of benzene rings is 4. The second-order valence-corrected chi connectivity index (χ2v) is 10.9. The van der Waals surface area contributed by atoms with Gasteiger partial charge in [-0.3, -0.25) is 9.59 Å². The number of ether oxygens (including phenoxy) is 4. The van der Waals surface area contributed by atoms with Crippen molar-refractivity contribution in [3.05, 3.63) is 104 Å². The van der Waals surface area contributed by atoms with E-state index < -0.39 is 0 Å². The van der Waals surface area contributed by atoms with E-state index in [1.165, 1.54) is 14.2 Å². The van der Waals surface area contributed by atoms with Crippen molar-refractivity contribution >= 4 is 56.1 Å². The van der Waals surface area contributed by atoms with Crippen LogP contribution >= 0.6 is 23.2 Å². The van der Waals surface area contributed by atoms with Gasteiger partial charge in [0.25, 0.3) is 11.1 Å². The second-order valence-electron chi connectivity index (χ2n) is 10.1. The van der Waals surface area contributed by atoms with Crippen LogP contribution in [0.5, 0.6) is 23.0 Å². The molecule has 6 N–H and O–H groups in total. The van der Waals surface area contributed by atoms with Crippen LogP contribution in [0, 0.1) is 0 Å². The number of aromatic nitrogens is 2. The van der Waals surface area contributed by atoms with Crippen LogP contribution in [0.2, 0.25) is 10.0 Å². The van der Waals surface area contributed by atoms with Gasteiger partial charge < -0.3 is 40.4 Å². The topological polar surface area (TPSA) is 155 Å². The average molecular weight is 662 g/mol. The van der Waals surface area contributed by atoms with Crippen LogP contribution in [0.15, 0.2) is 82.4 Å². The zero-order chi connectivity index (χ0) is 33.1. The lowest BCUT2D eigenvalue weighted by Gasteiger charge is -2.11. The Bertz CT molecular complexity index is 2060. The van der Waals surface area contributed by atoms with Crippen molar-refractivity contribution in [3.8, 4) is 45.5 Å². The number of pyridine rings is 2. The fraction of sp³-hybridized carbons (Fsp3) is 0.118. The van der Waals surface area contributed by atoms with Gasteiger partial charge in [-0.25, -0.2) is 0 Å². The fourth-order valence-electron chi connectivity index (χ4n) is 5.03. The molecule has 12 heteroatoms. The number of hydrogen-bond acceptors (Lipinski definition) is 8. The Labute approximate surface area is 273 Å². The molecule has 6 rings (SSSR count). The summed E-state index contributed by atoms with van der Waals surface area (Å²) in [6, 6.07) is 20.8. The Morgan fingerprint density at radius 1 is 0.522 bits per heavy atom. The summed E-state index contributed by atoms with van der Waals surface area (Å²) in [6.45, 7) is 0. The van der Waals surface area contributed by atoms with Crippen molar-refractivity contribution in [2.75, 3.05) is 39.9 Å². The van der Waals surface area contributed by atoms with Crippen molar-refractivity contribution in [1.82, 2.24) is 9.97 Å². The van der Waals surface area contributed by atoms with Gasteiger partial charge in [-0.2, -0.15) is 0 Å². The first-order valence-corrected chi connectivity index (χ1v) is 14.5. The number of nitrogens with one attached hydrogen (secondary N) is 2. The van der Waals surface area contributed by atoms with Crippen LogP contribution in [0.3, 0.4) is 0 Å². The lowest BCUT2D eigenvalue weighted by atomic mass is 10.1. The molecule has 0 aliphatic carbocycles. The van der Waals surface area contributed by atoms with E-state index in [1.807, 2.05) is 12.1 Å². The molecular formula is C34H30Cl2N4O6. The number of nitrogen functional groups attached to an aromatic ring is 2. The molecule has 0 bridgehead atoms. The number of aromatic amines is 2. The number of rotatable bonds is 6. The highest BCUT2D eigenvalue weighted by atomic mass is 35.5. The van der Waals surface area contributed by atoms with E-state index in [-0.39, 0.29) is 11.1 Å². The number of H-pyrrole nitrogens is 2. The third-order valence-corrected chi connectivity index (χ3v) is 7.77. The molecular weight excluding hydrogens is 631 g/mol. The summed E-state index contributed by atoms with van der Waals surface area (Å²) < 4.78 is 21.0. The van der Waals surface area contributed by atoms with Gasteiger partial charge in [0, 0.05) is 32.5 Å². The van der Waals surface area contributed by atoms with Crippen molar-refractivity contribution in [2.45, 2.75) is 0 Å². The summed E-state index contributed by atoms with van der Waals surface area (Å²) in [6.07, 6.45) is 0. The van der Waals surface area contributed by atoms with Gasteiger partial charge in [0.05, 0.1) is 50.6 Å². The van der Waals surface area contributed by atoms with E-state index in [0.717, 1.165) is 10.8 Å². The molecule has 0 amide bonds. The van der Waals surface area contributed by atoms with Gasteiger partial charge in [0.1, 0.15) is 0 Å². The molecule has 0 radical (unpaired) electrons. The van der Waals surface area contributed by atoms with E-state index in [4.69, 9.17) is 53.6 Å². The number of anilines is 2. The van der Waals surface area contributed by atoms with E-state index >= 15 is 0 Å². The minimum absolute atomic E-state index is 0.229. The van der Waals surface area contributed by atoms with Crippen molar-refractivity contribution in [2.24, 2.45) is 0 Å². The van der Waals surface area contributed by atoms with Crippen molar-refractivity contribution in [1.29, 1.82) is 0 Å². The Hall–Kier alpha value is -5.32. The van der Waals surface area contributed by atoms with Crippen LogP contribution in [-0.4, -0.2) is 38.4 Å². The smallest absolute Gasteiger partial charge is 0.256 e. The normalized spacial score (nSPS) is 10.7. The van der Waals surface area contributed by atoms with Crippen LogP contribution in [-0.2, 0) is 0 Å². The predicted molar refractivity (Wildman–Crippen MR) is 185 cm³/mol. The number of nitrogens with two attached hydrogens (primary N) is 2. The first-order valence-electron chi connectivity index (χ1n) is 13.8. The third-order valence-electron chi connectivity index (χ3n) is 7.30. The highest BCUT2D eigenvalue weighted by Crippen LogP contribution is 2.35. The number of hydrogen-bond donors (Lipinski definition) is 4. The van der Waals surface area contributed by atoms with Crippen LogP contribution < -0.4 is 41.5 Å². The average Bonchev–Trinajstić information content (AvgIpc) is 3.03. The maximum Gasteiger partial charge on any atom is 0.256 e. The molecule has 0 fully saturated rings. The van der Waals surface area contributed by atoms with Crippen LogP contribution in [0.4, 0.5) is 11.4 Å². The Kier molecular flexibility index (Phi) is 9.31. The molecule has 0 saturated carbocycles. The minimum atomic E-state index is -0.229. The maximum absolute atomic E-state index is 12.4. The first kappa shape index (κ1) is 32.1. The largest absolute Gasteiger partial charge is 0.493 e. The van der Waals surface area contributed by atoms with Gasteiger partial charge in [0.15, 0.2) is 23.0 Å². The van der Waals surface area contributed by atoms with Gasteiger partial charge in [-0.05, 0) is 83.6 Å². The number of methoxy groups -OCH3 is 4. The summed E-state index contributed by atoms with van der Waals surface area (Å²) in [5, 5.41) is 3.57. The summed E-state index contributed by atoms with van der Waals surface area (Å²) in [4.78, 5) is 30.5. The van der Waals surface area contributed by atoms with E-state index in [2.05, 4.69) is 9.97 Å². The Morgan fingerprint density at radius 3 is 1.20 bits per heavy atom. The highest BCUT2D eigenvalue weighted by Gasteiger charge is 2.13. The second kappa shape index (κ2) is 13.4. The lowest BCUT2D eigenvalue weighted by Crippen LogP contribution is -2.08. The molecule has 46 heavy (non-hydrogen) atoms. The third kappa shape index (κ3) is 6.39. The van der Waals surface area contributed by atoms with Gasteiger partial charge in [0.2, 0.25) is 0 Å². The molecule has 0 spiro atoms. The van der Waals surface area contributed by atoms with Crippen molar-refractivity contribution < 1.29 is 18.9 Å². The maximum atomic E-state index is 12.4. The molecule has 6 aromatic rings. The monoisotopic (exact) mass is 660 g/mol. The Morgan fingerprint density at radius 2 is 0.870 bits per heavy atom. The van der Waals surface area contributed by atoms with Crippen LogP contribution in [0.1, 0.15) is 0 Å². The summed E-state index contributed by atoms with van der Waals surface area (Å²) in [7, 11) is 6.16. The van der Waals surface area contributed by atoms with Gasteiger partial charge in [-0.15, -0.1) is 0 Å². The molecule has 2 heterocycles. The van der Waals surface area contributed by atoms with E-state index in [0.29, 0.717) is 77.7 Å². The summed E-state index contributed by atoms with van der Waals surface area (Å²) in [5.41, 5.74) is 15.2.